The Morgan fingerprint density at radius 3 is 2.38 bits per heavy atom. The zero-order chi connectivity index (χ0) is 15.5. The van der Waals surface area contributed by atoms with Gasteiger partial charge in [0.05, 0.1) is 5.56 Å². The van der Waals surface area contributed by atoms with Crippen LogP contribution in [-0.4, -0.2) is 13.0 Å². The average Bonchev–Trinajstić information content (AvgIpc) is 2.48. The standard InChI is InChI=1S/C16H16BF3S/c1-3-17(14-9-4-5-10-15(14)21-2)13-8-6-7-12(11-13)16(18,19)20/h4-11H,3H2,1-2H3. The van der Waals surface area contributed by atoms with Gasteiger partial charge in [-0.1, -0.05) is 66.6 Å². The molecule has 5 heteroatoms. The zero-order valence-electron chi connectivity index (χ0n) is 11.9. The van der Waals surface area contributed by atoms with E-state index in [0.717, 1.165) is 22.7 Å². The summed E-state index contributed by atoms with van der Waals surface area (Å²) in [5.74, 6) is 0. The Labute approximate surface area is 127 Å². The van der Waals surface area contributed by atoms with Gasteiger partial charge in [-0.2, -0.15) is 13.2 Å². The summed E-state index contributed by atoms with van der Waals surface area (Å²) in [4.78, 5) is 1.11. The highest BCUT2D eigenvalue weighted by Gasteiger charge is 2.31. The fourth-order valence-electron chi connectivity index (χ4n) is 2.52. The van der Waals surface area contributed by atoms with Crippen molar-refractivity contribution in [3.05, 3.63) is 54.1 Å². The van der Waals surface area contributed by atoms with E-state index in [1.54, 1.807) is 17.8 Å². The quantitative estimate of drug-likeness (QED) is 0.606. The number of thioether (sulfide) groups is 1. The van der Waals surface area contributed by atoms with Crippen molar-refractivity contribution in [2.45, 2.75) is 24.3 Å². The predicted molar refractivity (Wildman–Crippen MR) is 85.2 cm³/mol. The van der Waals surface area contributed by atoms with E-state index in [0.29, 0.717) is 5.46 Å². The van der Waals surface area contributed by atoms with Gasteiger partial charge in [0.1, 0.15) is 0 Å². The van der Waals surface area contributed by atoms with Gasteiger partial charge >= 0.3 is 6.18 Å². The van der Waals surface area contributed by atoms with Crippen LogP contribution in [0.5, 0.6) is 0 Å². The topological polar surface area (TPSA) is 0 Å². The lowest BCUT2D eigenvalue weighted by Crippen LogP contribution is -2.42. The molecule has 2 aromatic carbocycles. The van der Waals surface area contributed by atoms with Crippen molar-refractivity contribution in [2.24, 2.45) is 0 Å². The second kappa shape index (κ2) is 6.61. The molecule has 0 N–H and O–H groups in total. The second-order valence-corrected chi connectivity index (χ2v) is 5.67. The van der Waals surface area contributed by atoms with E-state index in [1.807, 2.05) is 37.4 Å². The molecule has 0 radical (unpaired) electrons. The maximum absolute atomic E-state index is 12.9. The first-order chi connectivity index (χ1) is 9.97. The van der Waals surface area contributed by atoms with Crippen LogP contribution in [0.25, 0.3) is 0 Å². The Morgan fingerprint density at radius 2 is 1.76 bits per heavy atom. The molecule has 21 heavy (non-hydrogen) atoms. The summed E-state index contributed by atoms with van der Waals surface area (Å²) in [5.41, 5.74) is 1.22. The van der Waals surface area contributed by atoms with E-state index in [9.17, 15) is 13.2 Å². The van der Waals surface area contributed by atoms with E-state index in [4.69, 9.17) is 0 Å². The minimum Gasteiger partial charge on any atom is -0.166 e. The van der Waals surface area contributed by atoms with Crippen LogP contribution < -0.4 is 10.9 Å². The molecule has 0 atom stereocenters. The lowest BCUT2D eigenvalue weighted by atomic mass is 9.39. The second-order valence-electron chi connectivity index (χ2n) is 4.83. The highest BCUT2D eigenvalue weighted by molar-refractivity contribution is 7.98. The molecule has 2 rings (SSSR count). The van der Waals surface area contributed by atoms with Crippen molar-refractivity contribution in [2.75, 3.05) is 6.26 Å². The molecule has 0 saturated heterocycles. The van der Waals surface area contributed by atoms with Crippen LogP contribution in [0, 0.1) is 0 Å². The van der Waals surface area contributed by atoms with Gasteiger partial charge in [0.2, 0.25) is 6.71 Å². The predicted octanol–water partition coefficient (Wildman–Crippen LogP) is 4.06. The number of rotatable bonds is 4. The highest BCUT2D eigenvalue weighted by atomic mass is 32.2. The summed E-state index contributed by atoms with van der Waals surface area (Å²) in [7, 11) is 0. The molecule has 0 aliphatic carbocycles. The summed E-state index contributed by atoms with van der Waals surface area (Å²) < 4.78 is 38.6. The van der Waals surface area contributed by atoms with Crippen molar-refractivity contribution < 1.29 is 13.2 Å². The van der Waals surface area contributed by atoms with Gasteiger partial charge in [0.25, 0.3) is 0 Å². The number of benzene rings is 2. The van der Waals surface area contributed by atoms with E-state index >= 15 is 0 Å². The molecule has 0 heterocycles. The maximum Gasteiger partial charge on any atom is 0.416 e. The van der Waals surface area contributed by atoms with E-state index in [-0.39, 0.29) is 6.71 Å². The highest BCUT2D eigenvalue weighted by Crippen LogP contribution is 2.28. The molecule has 0 aromatic heterocycles. The number of hydrogen-bond acceptors (Lipinski definition) is 1. The Balaban J connectivity index is 2.47. The number of hydrogen-bond donors (Lipinski definition) is 0. The smallest absolute Gasteiger partial charge is 0.166 e. The van der Waals surface area contributed by atoms with Crippen LogP contribution in [-0.2, 0) is 6.18 Å². The van der Waals surface area contributed by atoms with Gasteiger partial charge in [0, 0.05) is 4.90 Å². The third-order valence-electron chi connectivity index (χ3n) is 3.54. The van der Waals surface area contributed by atoms with Crippen LogP contribution in [0.4, 0.5) is 13.2 Å². The molecular formula is C16H16BF3S. The first kappa shape index (κ1) is 16.0. The summed E-state index contributed by atoms with van der Waals surface area (Å²) in [6, 6.07) is 13.6. The maximum atomic E-state index is 12.9. The van der Waals surface area contributed by atoms with Crippen molar-refractivity contribution >= 4 is 29.4 Å². The lowest BCUT2D eigenvalue weighted by molar-refractivity contribution is -0.137. The van der Waals surface area contributed by atoms with Crippen molar-refractivity contribution in [3.8, 4) is 0 Å². The Bertz CT molecular complexity index is 610. The van der Waals surface area contributed by atoms with Crippen molar-refractivity contribution in [1.29, 1.82) is 0 Å². The first-order valence-corrected chi connectivity index (χ1v) is 8.00. The van der Waals surface area contributed by atoms with Gasteiger partial charge in [-0.25, -0.2) is 0 Å². The molecule has 0 unspecified atom stereocenters. The Kier molecular flexibility index (Phi) is 5.04. The normalized spacial score (nSPS) is 11.5. The van der Waals surface area contributed by atoms with Crippen molar-refractivity contribution in [3.63, 3.8) is 0 Å². The molecule has 0 fully saturated rings. The first-order valence-electron chi connectivity index (χ1n) is 6.77. The van der Waals surface area contributed by atoms with Gasteiger partial charge in [-0.3, -0.25) is 0 Å². The molecule has 0 aliphatic heterocycles. The van der Waals surface area contributed by atoms with Crippen LogP contribution in [0.2, 0.25) is 6.32 Å². The Hall–Kier alpha value is -1.36. The van der Waals surface area contributed by atoms with Gasteiger partial charge < -0.3 is 0 Å². The molecule has 0 nitrogen and oxygen atoms in total. The lowest BCUT2D eigenvalue weighted by Gasteiger charge is -2.17. The molecule has 0 aliphatic rings. The molecular weight excluding hydrogens is 292 g/mol. The average molecular weight is 308 g/mol. The summed E-state index contributed by atoms with van der Waals surface area (Å²) >= 11 is 1.62. The molecule has 0 bridgehead atoms. The van der Waals surface area contributed by atoms with Crippen LogP contribution in [0.1, 0.15) is 12.5 Å². The van der Waals surface area contributed by atoms with E-state index < -0.39 is 11.7 Å². The molecule has 2 aromatic rings. The van der Waals surface area contributed by atoms with Gasteiger partial charge in [-0.15, -0.1) is 11.8 Å². The summed E-state index contributed by atoms with van der Waals surface area (Å²) in [5, 5.41) is 0. The van der Waals surface area contributed by atoms with Gasteiger partial charge in [0.15, 0.2) is 0 Å². The molecule has 110 valence electrons. The zero-order valence-corrected chi connectivity index (χ0v) is 12.8. The fraction of sp³-hybridized carbons (Fsp3) is 0.250. The SMILES string of the molecule is CCB(c1cccc(C(F)(F)F)c1)c1ccccc1SC. The largest absolute Gasteiger partial charge is 0.416 e. The minimum absolute atomic E-state index is 0.0176. The molecule has 0 spiro atoms. The van der Waals surface area contributed by atoms with E-state index in [1.165, 1.54) is 12.1 Å². The monoisotopic (exact) mass is 308 g/mol. The van der Waals surface area contributed by atoms with Gasteiger partial charge in [-0.05, 0) is 12.3 Å². The Morgan fingerprint density at radius 1 is 1.05 bits per heavy atom. The number of alkyl halides is 3. The third kappa shape index (κ3) is 3.65. The van der Waals surface area contributed by atoms with Crippen molar-refractivity contribution in [1.82, 2.24) is 0 Å². The molecule has 0 amide bonds. The summed E-state index contributed by atoms with van der Waals surface area (Å²) in [6.45, 7) is 1.98. The number of halogens is 3. The third-order valence-corrected chi connectivity index (χ3v) is 4.35. The van der Waals surface area contributed by atoms with Crippen LogP contribution in [0.15, 0.2) is 53.4 Å². The van der Waals surface area contributed by atoms with Crippen LogP contribution >= 0.6 is 11.8 Å². The van der Waals surface area contributed by atoms with E-state index in [2.05, 4.69) is 0 Å². The summed E-state index contributed by atoms with van der Waals surface area (Å²) in [6.07, 6.45) is -1.55. The fourth-order valence-corrected chi connectivity index (χ4v) is 3.18. The molecule has 0 saturated carbocycles. The minimum atomic E-state index is -4.30. The van der Waals surface area contributed by atoms with Crippen LogP contribution in [0.3, 0.4) is 0 Å².